The Morgan fingerprint density at radius 1 is 1.36 bits per heavy atom. The Morgan fingerprint density at radius 2 is 2.18 bits per heavy atom. The Hall–Kier alpha value is -1.76. The number of carbonyl (C=O) groups is 1. The molecule has 7 heteroatoms. The van der Waals surface area contributed by atoms with Crippen LogP contribution < -0.4 is 9.64 Å². The van der Waals surface area contributed by atoms with Gasteiger partial charge < -0.3 is 14.4 Å². The van der Waals surface area contributed by atoms with Gasteiger partial charge in [0.2, 0.25) is 5.91 Å². The monoisotopic (exact) mass is 315 g/mol. The van der Waals surface area contributed by atoms with E-state index in [-0.39, 0.29) is 17.6 Å². The maximum absolute atomic E-state index is 12.5. The summed E-state index contributed by atoms with van der Waals surface area (Å²) >= 11 is 0. The van der Waals surface area contributed by atoms with Crippen LogP contribution in [0.1, 0.15) is 18.4 Å². The Balaban J connectivity index is 1.82. The van der Waals surface area contributed by atoms with Gasteiger partial charge in [0.25, 0.3) is 0 Å². The smallest absolute Gasteiger partial charge is 0.406 e. The van der Waals surface area contributed by atoms with Crippen molar-refractivity contribution in [3.05, 3.63) is 23.8 Å². The van der Waals surface area contributed by atoms with Gasteiger partial charge in [-0.05, 0) is 43.0 Å². The Bertz CT molecular complexity index is 568. The molecule has 0 radical (unpaired) electrons. The van der Waals surface area contributed by atoms with Gasteiger partial charge in [-0.3, -0.25) is 4.79 Å². The molecular weight excluding hydrogens is 299 g/mol. The lowest BCUT2D eigenvalue weighted by Gasteiger charge is -2.31. The molecular formula is C15H16F3NO3. The largest absolute Gasteiger partial charge is 0.573 e. The van der Waals surface area contributed by atoms with Crippen LogP contribution in [0.4, 0.5) is 18.9 Å². The number of nitrogens with zero attached hydrogens (tertiary/aromatic N) is 1. The van der Waals surface area contributed by atoms with Crippen molar-refractivity contribution in [2.75, 3.05) is 24.7 Å². The molecule has 1 aromatic rings. The highest BCUT2D eigenvalue weighted by atomic mass is 19.4. The molecule has 2 heterocycles. The molecule has 1 fully saturated rings. The van der Waals surface area contributed by atoms with E-state index in [1.807, 2.05) is 0 Å². The molecule has 0 spiro atoms. The van der Waals surface area contributed by atoms with Gasteiger partial charge in [-0.1, -0.05) is 0 Å². The predicted molar refractivity (Wildman–Crippen MR) is 72.7 cm³/mol. The van der Waals surface area contributed by atoms with Crippen LogP contribution in [0.25, 0.3) is 0 Å². The second-order valence-electron chi connectivity index (χ2n) is 5.49. The summed E-state index contributed by atoms with van der Waals surface area (Å²) in [6.45, 7) is 1.58. The van der Waals surface area contributed by atoms with E-state index in [1.54, 1.807) is 4.90 Å². The van der Waals surface area contributed by atoms with Crippen molar-refractivity contribution in [1.82, 2.24) is 0 Å². The van der Waals surface area contributed by atoms with Crippen LogP contribution in [0.15, 0.2) is 18.2 Å². The summed E-state index contributed by atoms with van der Waals surface area (Å²) in [6.07, 6.45) is -2.66. The first kappa shape index (κ1) is 15.1. The third-order valence-electron chi connectivity index (χ3n) is 3.95. The van der Waals surface area contributed by atoms with Crippen LogP contribution in [-0.4, -0.2) is 32.0 Å². The molecule has 0 bridgehead atoms. The van der Waals surface area contributed by atoms with E-state index < -0.39 is 6.36 Å². The van der Waals surface area contributed by atoms with Gasteiger partial charge in [0, 0.05) is 18.8 Å². The third kappa shape index (κ3) is 3.19. The number of anilines is 1. The molecule has 0 aromatic heterocycles. The van der Waals surface area contributed by atoms with E-state index in [9.17, 15) is 18.0 Å². The predicted octanol–water partition coefficient (Wildman–Crippen LogP) is 2.90. The van der Waals surface area contributed by atoms with Gasteiger partial charge in [-0.25, -0.2) is 0 Å². The van der Waals surface area contributed by atoms with E-state index >= 15 is 0 Å². The number of amides is 1. The van der Waals surface area contributed by atoms with Crippen molar-refractivity contribution < 1.29 is 27.4 Å². The number of fused-ring (bicyclic) bond motifs is 1. The average Bonchev–Trinajstić information content (AvgIpc) is 2.98. The van der Waals surface area contributed by atoms with E-state index in [1.165, 1.54) is 18.2 Å². The zero-order chi connectivity index (χ0) is 15.7. The minimum Gasteiger partial charge on any atom is -0.406 e. The highest BCUT2D eigenvalue weighted by Crippen LogP contribution is 2.34. The number of ether oxygens (including phenoxy) is 2. The molecule has 1 atom stereocenters. The fraction of sp³-hybridized carbons (Fsp3) is 0.533. The summed E-state index contributed by atoms with van der Waals surface area (Å²) in [5, 5.41) is 0. The van der Waals surface area contributed by atoms with Crippen molar-refractivity contribution in [2.24, 2.45) is 5.92 Å². The number of halogens is 3. The standard InChI is InChI=1S/C15H16F3NO3/c16-15(17,18)22-12-3-4-13-10(8-12)2-1-6-19(13)14(20)11-5-7-21-9-11/h3-4,8,11H,1-2,5-7,9H2. The molecule has 1 aromatic carbocycles. The molecule has 1 saturated heterocycles. The van der Waals surface area contributed by atoms with Gasteiger partial charge in [0.15, 0.2) is 0 Å². The Labute approximate surface area is 125 Å². The van der Waals surface area contributed by atoms with Gasteiger partial charge in [-0.15, -0.1) is 13.2 Å². The van der Waals surface area contributed by atoms with Crippen molar-refractivity contribution in [3.63, 3.8) is 0 Å². The highest BCUT2D eigenvalue weighted by molar-refractivity contribution is 5.96. The number of alkyl halides is 3. The first-order valence-electron chi connectivity index (χ1n) is 7.22. The summed E-state index contributed by atoms with van der Waals surface area (Å²) < 4.78 is 46.0. The number of hydrogen-bond acceptors (Lipinski definition) is 3. The van der Waals surface area contributed by atoms with Gasteiger partial charge in [0.1, 0.15) is 5.75 Å². The van der Waals surface area contributed by atoms with Crippen LogP contribution >= 0.6 is 0 Å². The minimum absolute atomic E-state index is 0.0112. The van der Waals surface area contributed by atoms with Crippen LogP contribution in [-0.2, 0) is 16.0 Å². The van der Waals surface area contributed by atoms with Gasteiger partial charge in [0.05, 0.1) is 12.5 Å². The van der Waals surface area contributed by atoms with E-state index in [0.717, 1.165) is 6.42 Å². The van der Waals surface area contributed by atoms with Crippen molar-refractivity contribution in [3.8, 4) is 5.75 Å². The van der Waals surface area contributed by atoms with Gasteiger partial charge in [-0.2, -0.15) is 0 Å². The molecule has 120 valence electrons. The zero-order valence-corrected chi connectivity index (χ0v) is 11.9. The quantitative estimate of drug-likeness (QED) is 0.842. The third-order valence-corrected chi connectivity index (χ3v) is 3.95. The average molecular weight is 315 g/mol. The fourth-order valence-corrected chi connectivity index (χ4v) is 2.95. The summed E-state index contributed by atoms with van der Waals surface area (Å²) in [5.41, 5.74) is 1.39. The SMILES string of the molecule is O=C(C1CCOC1)N1CCCc2cc(OC(F)(F)F)ccc21. The zero-order valence-electron chi connectivity index (χ0n) is 11.9. The molecule has 4 nitrogen and oxygen atoms in total. The first-order chi connectivity index (χ1) is 10.4. The lowest BCUT2D eigenvalue weighted by atomic mass is 9.99. The lowest BCUT2D eigenvalue weighted by Crippen LogP contribution is -2.39. The lowest BCUT2D eigenvalue weighted by molar-refractivity contribution is -0.274. The van der Waals surface area contributed by atoms with Crippen molar-refractivity contribution >= 4 is 11.6 Å². The molecule has 3 rings (SSSR count). The fourth-order valence-electron chi connectivity index (χ4n) is 2.95. The first-order valence-corrected chi connectivity index (χ1v) is 7.22. The molecule has 1 unspecified atom stereocenters. The number of hydrogen-bond donors (Lipinski definition) is 0. The number of rotatable bonds is 2. The van der Waals surface area contributed by atoms with E-state index in [0.29, 0.717) is 43.9 Å². The van der Waals surface area contributed by atoms with E-state index in [4.69, 9.17) is 4.74 Å². The van der Waals surface area contributed by atoms with Crippen LogP contribution in [0, 0.1) is 5.92 Å². The maximum atomic E-state index is 12.5. The van der Waals surface area contributed by atoms with Crippen LogP contribution in [0.5, 0.6) is 5.75 Å². The highest BCUT2D eigenvalue weighted by Gasteiger charge is 2.33. The Kier molecular flexibility index (Phi) is 3.99. The summed E-state index contributed by atoms with van der Waals surface area (Å²) in [6, 6.07) is 4.15. The number of carbonyl (C=O) groups excluding carboxylic acids is 1. The molecule has 2 aliphatic heterocycles. The molecule has 2 aliphatic rings. The molecule has 22 heavy (non-hydrogen) atoms. The number of aryl methyl sites for hydroxylation is 1. The normalized spacial score (nSPS) is 21.6. The van der Waals surface area contributed by atoms with E-state index in [2.05, 4.69) is 4.74 Å². The Morgan fingerprint density at radius 3 is 2.86 bits per heavy atom. The molecule has 0 N–H and O–H groups in total. The molecule has 1 amide bonds. The second kappa shape index (κ2) is 5.79. The summed E-state index contributed by atoms with van der Waals surface area (Å²) in [5.74, 6) is -0.412. The minimum atomic E-state index is -4.71. The van der Waals surface area contributed by atoms with Crippen LogP contribution in [0.2, 0.25) is 0 Å². The van der Waals surface area contributed by atoms with Crippen LogP contribution in [0.3, 0.4) is 0 Å². The molecule has 0 aliphatic carbocycles. The summed E-state index contributed by atoms with van der Waals surface area (Å²) in [7, 11) is 0. The number of benzene rings is 1. The van der Waals surface area contributed by atoms with Crippen molar-refractivity contribution in [1.29, 1.82) is 0 Å². The topological polar surface area (TPSA) is 38.8 Å². The maximum Gasteiger partial charge on any atom is 0.573 e. The molecule has 0 saturated carbocycles. The van der Waals surface area contributed by atoms with Gasteiger partial charge >= 0.3 is 6.36 Å². The summed E-state index contributed by atoms with van der Waals surface area (Å²) in [4.78, 5) is 14.2. The van der Waals surface area contributed by atoms with Crippen molar-refractivity contribution in [2.45, 2.75) is 25.6 Å². The second-order valence-corrected chi connectivity index (χ2v) is 5.49.